The highest BCUT2D eigenvalue weighted by atomic mass is 16.8. The zero-order valence-corrected chi connectivity index (χ0v) is 35.2. The van der Waals surface area contributed by atoms with Gasteiger partial charge in [-0.15, -0.1) is 0 Å². The van der Waals surface area contributed by atoms with Gasteiger partial charge in [-0.3, -0.25) is 19.2 Å². The van der Waals surface area contributed by atoms with Crippen molar-refractivity contribution < 1.29 is 52.8 Å². The van der Waals surface area contributed by atoms with E-state index in [0.29, 0.717) is 30.5 Å². The smallest absolute Gasteiger partial charge is 0.429 e. The first-order valence-electron chi connectivity index (χ1n) is 21.2. The number of ether oxygens (including phenoxy) is 4. The van der Waals surface area contributed by atoms with Crippen molar-refractivity contribution in [3.05, 3.63) is 53.6 Å². The lowest BCUT2D eigenvalue weighted by molar-refractivity contribution is -0.200. The number of nitrogens with one attached hydrogen (secondary N) is 3. The summed E-state index contributed by atoms with van der Waals surface area (Å²) in [6.07, 6.45) is 6.48. The predicted molar refractivity (Wildman–Crippen MR) is 219 cm³/mol. The molecule has 4 aliphatic carbocycles. The zero-order chi connectivity index (χ0) is 43.6. The number of anilines is 1. The van der Waals surface area contributed by atoms with Gasteiger partial charge in [0.15, 0.2) is 24.3 Å². The van der Waals surface area contributed by atoms with Crippen molar-refractivity contribution in [3.8, 4) is 0 Å². The fourth-order valence-corrected chi connectivity index (χ4v) is 10.7. The van der Waals surface area contributed by atoms with Crippen LogP contribution < -0.4 is 27.4 Å². The molecule has 1 unspecified atom stereocenters. The van der Waals surface area contributed by atoms with Crippen molar-refractivity contribution in [2.45, 2.75) is 129 Å². The second-order valence-corrected chi connectivity index (χ2v) is 17.8. The van der Waals surface area contributed by atoms with Crippen LogP contribution in [0.4, 0.5) is 15.3 Å². The lowest BCUT2D eigenvalue weighted by Gasteiger charge is -2.59. The molecular weight excluding hydrogens is 775 g/mol. The molecule has 4 fully saturated rings. The molecule has 1 aromatic carbocycles. The first-order chi connectivity index (χ1) is 28.4. The number of carbonyl (C=O) groups excluding carboxylic acids is 6. The largest absolute Gasteiger partial charge is 0.509 e. The molecule has 5 aliphatic rings. The average Bonchev–Trinajstić information content (AvgIpc) is 3.68. The van der Waals surface area contributed by atoms with E-state index in [1.807, 2.05) is 19.9 Å². The number of hydrogen-bond donors (Lipinski definition) is 6. The van der Waals surface area contributed by atoms with Crippen LogP contribution in [0.15, 0.2) is 48.1 Å². The van der Waals surface area contributed by atoms with Crippen molar-refractivity contribution in [3.63, 3.8) is 0 Å². The Balaban J connectivity index is 1.06. The minimum atomic E-state index is -1.44. The molecule has 1 aromatic rings. The molecule has 1 saturated heterocycles. The molecule has 328 valence electrons. The summed E-state index contributed by atoms with van der Waals surface area (Å²) in [6, 6.07) is 4.04. The van der Waals surface area contributed by atoms with E-state index in [1.165, 1.54) is 0 Å². The number of benzene rings is 1. The number of primary amides is 1. The maximum absolute atomic E-state index is 14.5. The lowest BCUT2D eigenvalue weighted by atomic mass is 9.46. The Morgan fingerprint density at radius 2 is 1.80 bits per heavy atom. The molecule has 0 bridgehead atoms. The SMILES string of the molecule is CCCC1O[C@@H]2C[C@H]3[C@@H]4CCC5=CC(=O)C=C[C@]5(C)[C@H]4[C@@H](O)C[C@]3(C)[C@]2(C(=O)COC(=O)OCc2ccc(NC(=O)[C@H](CCCNC(N)=O)NC(=O)[C@@H](N)C(C)C)cc2)O1. The first kappa shape index (κ1) is 44.9. The highest BCUT2D eigenvalue weighted by Gasteiger charge is 2.76. The molecule has 4 amide bonds. The topological polar surface area (TPSA) is 248 Å². The highest BCUT2D eigenvalue weighted by Crippen LogP contribution is 2.69. The maximum Gasteiger partial charge on any atom is 0.509 e. The number of Topliss-reactive ketones (excluding diaryl/α,β-unsaturated/α-hetero) is 1. The molecule has 0 radical (unpaired) electrons. The van der Waals surface area contributed by atoms with Crippen molar-refractivity contribution in [1.82, 2.24) is 10.6 Å². The monoisotopic (exact) mass is 835 g/mol. The molecule has 1 aliphatic heterocycles. The van der Waals surface area contributed by atoms with Crippen LogP contribution in [0.3, 0.4) is 0 Å². The normalized spacial score (nSPS) is 32.3. The number of nitrogens with two attached hydrogens (primary N) is 2. The molecule has 6 rings (SSSR count). The van der Waals surface area contributed by atoms with E-state index < -0.39 is 83.4 Å². The van der Waals surface area contributed by atoms with Crippen LogP contribution >= 0.6 is 0 Å². The fraction of sp³-hybridized carbons (Fsp3) is 0.636. The van der Waals surface area contributed by atoms with Gasteiger partial charge in [0.25, 0.3) is 0 Å². The van der Waals surface area contributed by atoms with E-state index in [0.717, 1.165) is 24.8 Å². The van der Waals surface area contributed by atoms with Gasteiger partial charge < -0.3 is 51.5 Å². The molecule has 1 heterocycles. The Labute approximate surface area is 350 Å². The summed E-state index contributed by atoms with van der Waals surface area (Å²) in [5, 5.41) is 19.9. The highest BCUT2D eigenvalue weighted by molar-refractivity contribution is 6.01. The number of fused-ring (bicyclic) bond motifs is 7. The molecule has 16 nitrogen and oxygen atoms in total. The molecular formula is C44H61N5O11. The first-order valence-corrected chi connectivity index (χ1v) is 21.2. The van der Waals surface area contributed by atoms with E-state index >= 15 is 0 Å². The van der Waals surface area contributed by atoms with E-state index in [1.54, 1.807) is 50.3 Å². The summed E-state index contributed by atoms with van der Waals surface area (Å²) >= 11 is 0. The van der Waals surface area contributed by atoms with E-state index in [2.05, 4.69) is 22.9 Å². The standard InChI is InChI=1S/C44H61N5O11/c1-6-8-35-59-34-20-30-29-15-12-26-19-28(50)16-17-42(26,4)36(29)32(51)21-43(30,5)44(34,60-35)33(52)23-58-41(56)57-22-25-10-13-27(14-11-25)48-38(53)31(9-7-18-47-40(46)55)49-39(54)37(45)24(2)3/h10-11,13-14,16-17,19,24,29-32,34-37,51H,6-9,12,15,18,20-23,45H2,1-5H3,(H,48,53)(H,49,54)(H3,46,47,55)/t29-,30-,31-,32-,34+,35?,36+,37-,42-,43-,44+/m0/s1. The summed E-state index contributed by atoms with van der Waals surface area (Å²) in [5.74, 6) is -1.71. The van der Waals surface area contributed by atoms with E-state index in [-0.39, 0.29) is 55.4 Å². The van der Waals surface area contributed by atoms with Crippen LogP contribution in [0.2, 0.25) is 0 Å². The Morgan fingerprint density at radius 1 is 1.07 bits per heavy atom. The van der Waals surface area contributed by atoms with Gasteiger partial charge >= 0.3 is 12.2 Å². The van der Waals surface area contributed by atoms with Crippen LogP contribution in [0.25, 0.3) is 0 Å². The van der Waals surface area contributed by atoms with E-state index in [9.17, 15) is 33.9 Å². The third kappa shape index (κ3) is 8.74. The van der Waals surface area contributed by atoms with Crippen LogP contribution in [-0.2, 0) is 44.7 Å². The van der Waals surface area contributed by atoms with Crippen LogP contribution in [-0.4, -0.2) is 90.0 Å². The summed E-state index contributed by atoms with van der Waals surface area (Å²) in [7, 11) is 0. The number of carbonyl (C=O) groups is 6. The summed E-state index contributed by atoms with van der Waals surface area (Å²) in [4.78, 5) is 76.6. The van der Waals surface area contributed by atoms with Gasteiger partial charge in [0, 0.05) is 29.0 Å². The third-order valence-corrected chi connectivity index (χ3v) is 13.7. The van der Waals surface area contributed by atoms with Crippen LogP contribution in [0, 0.1) is 34.5 Å². The van der Waals surface area contributed by atoms with Gasteiger partial charge in [0.05, 0.1) is 18.2 Å². The summed E-state index contributed by atoms with van der Waals surface area (Å²) in [6.45, 7) is 9.13. The summed E-state index contributed by atoms with van der Waals surface area (Å²) < 4.78 is 23.9. The Hall–Kier alpha value is -4.64. The number of rotatable bonds is 16. The molecule has 0 spiro atoms. The van der Waals surface area contributed by atoms with E-state index in [4.69, 9.17) is 30.4 Å². The van der Waals surface area contributed by atoms with Crippen LogP contribution in [0.1, 0.15) is 91.5 Å². The van der Waals surface area contributed by atoms with Gasteiger partial charge in [0.1, 0.15) is 12.6 Å². The summed E-state index contributed by atoms with van der Waals surface area (Å²) in [5.41, 5.74) is 10.4. The number of amides is 4. The Kier molecular flexibility index (Phi) is 13.6. The number of allylic oxidation sites excluding steroid dienone is 4. The molecule has 60 heavy (non-hydrogen) atoms. The van der Waals surface area contributed by atoms with Crippen molar-refractivity contribution in [2.24, 2.45) is 46.0 Å². The minimum absolute atomic E-state index is 0.0232. The number of hydrogen-bond acceptors (Lipinski definition) is 12. The van der Waals surface area contributed by atoms with Gasteiger partial charge in [0.2, 0.25) is 17.6 Å². The minimum Gasteiger partial charge on any atom is -0.429 e. The number of urea groups is 1. The molecule has 16 heteroatoms. The Bertz CT molecular complexity index is 1880. The van der Waals surface area contributed by atoms with Gasteiger partial charge in [-0.25, -0.2) is 9.59 Å². The van der Waals surface area contributed by atoms with Crippen molar-refractivity contribution >= 4 is 41.3 Å². The quantitative estimate of drug-likeness (QED) is 0.102. The van der Waals surface area contributed by atoms with Gasteiger partial charge in [-0.1, -0.05) is 64.8 Å². The predicted octanol–water partition coefficient (Wildman–Crippen LogP) is 3.93. The second kappa shape index (κ2) is 18.1. The molecule has 3 saturated carbocycles. The number of aliphatic hydroxyl groups excluding tert-OH is 1. The van der Waals surface area contributed by atoms with Crippen LogP contribution in [0.5, 0.6) is 0 Å². The maximum atomic E-state index is 14.5. The Morgan fingerprint density at radius 3 is 2.48 bits per heavy atom. The molecule has 0 aromatic heterocycles. The number of aliphatic hydroxyl groups is 1. The lowest BCUT2D eigenvalue weighted by Crippen LogP contribution is -2.63. The van der Waals surface area contributed by atoms with Gasteiger partial charge in [-0.2, -0.15) is 0 Å². The van der Waals surface area contributed by atoms with Crippen molar-refractivity contribution in [1.29, 1.82) is 0 Å². The molecule has 8 N–H and O–H groups in total. The number of ketones is 2. The fourth-order valence-electron chi connectivity index (χ4n) is 10.7. The molecule has 11 atom stereocenters. The average molecular weight is 836 g/mol. The third-order valence-electron chi connectivity index (χ3n) is 13.7. The zero-order valence-electron chi connectivity index (χ0n) is 35.2. The second-order valence-electron chi connectivity index (χ2n) is 17.8. The van der Waals surface area contributed by atoms with Crippen molar-refractivity contribution in [2.75, 3.05) is 18.5 Å². The van der Waals surface area contributed by atoms with Gasteiger partial charge in [-0.05, 0) is 92.5 Å².